The normalized spacial score (nSPS) is 39.0. The van der Waals surface area contributed by atoms with Gasteiger partial charge in [-0.3, -0.25) is 9.69 Å². The summed E-state index contributed by atoms with van der Waals surface area (Å²) >= 11 is 0. The van der Waals surface area contributed by atoms with Gasteiger partial charge in [0, 0.05) is 48.5 Å². The Bertz CT molecular complexity index is 1080. The van der Waals surface area contributed by atoms with Gasteiger partial charge in [-0.2, -0.15) is 0 Å². The van der Waals surface area contributed by atoms with Crippen LogP contribution in [0, 0.1) is 11.3 Å². The molecule has 4 saturated heterocycles. The largest absolute Gasteiger partial charge is 0.504 e. The highest BCUT2D eigenvalue weighted by molar-refractivity contribution is 5.77. The number of piperidine rings is 2. The molecule has 9 rings (SSSR count). The van der Waals surface area contributed by atoms with E-state index in [0.29, 0.717) is 24.1 Å². The monoisotopic (exact) mass is 491 g/mol. The molecule has 194 valence electrons. The zero-order valence-corrected chi connectivity index (χ0v) is 21.6. The second-order valence-electron chi connectivity index (χ2n) is 13.1. The maximum atomic E-state index is 13.8. The Morgan fingerprint density at radius 2 is 1.89 bits per heavy atom. The lowest BCUT2D eigenvalue weighted by atomic mass is 9.42. The number of carbonyl (C=O) groups is 1. The number of ether oxygens (including phenoxy) is 1. The smallest absolute Gasteiger partial charge is 0.224 e. The minimum atomic E-state index is -0.0514. The van der Waals surface area contributed by atoms with E-state index in [4.69, 9.17) is 4.74 Å². The average molecular weight is 492 g/mol. The minimum Gasteiger partial charge on any atom is -0.504 e. The standard InChI is InChI=1S/C30H41N3O3/c34-23-7-6-21-18-24-29-10-8-22(33(17-11-29)25(35)9-15-31-13-2-1-3-14-31)28-30(29,26(21)27(23)36-28)12-16-32(24)19-20-4-5-20/h6-7,20,22,24,28,34H,1-5,8-19H2/t22-,24-,28+,29-,30+/m1/s1. The summed E-state index contributed by atoms with van der Waals surface area (Å²) < 4.78 is 6.85. The summed E-state index contributed by atoms with van der Waals surface area (Å²) in [4.78, 5) is 21.4. The molecule has 6 heteroatoms. The van der Waals surface area contributed by atoms with Crippen molar-refractivity contribution < 1.29 is 14.6 Å². The SMILES string of the molecule is O=C(CCN1CCCCC1)N1CC[C@@]23CC[C@@H]1[C@@H]1Oc4c(O)ccc5c4[C@@]12CCN(CC1CC1)[C@@H]3C5. The number of fused-ring (bicyclic) bond motifs is 3. The number of rotatable bonds is 5. The lowest BCUT2D eigenvalue weighted by Gasteiger charge is -2.66. The third-order valence-corrected chi connectivity index (χ3v) is 11.6. The van der Waals surface area contributed by atoms with Crippen molar-refractivity contribution in [3.05, 3.63) is 23.3 Å². The first kappa shape index (κ1) is 22.2. The molecule has 2 spiro atoms. The van der Waals surface area contributed by atoms with E-state index in [9.17, 15) is 9.90 Å². The molecule has 36 heavy (non-hydrogen) atoms. The highest BCUT2D eigenvalue weighted by atomic mass is 16.5. The Kier molecular flexibility index (Phi) is 4.85. The van der Waals surface area contributed by atoms with Crippen molar-refractivity contribution in [1.29, 1.82) is 0 Å². The van der Waals surface area contributed by atoms with E-state index >= 15 is 0 Å². The highest BCUT2D eigenvalue weighted by Crippen LogP contribution is 2.71. The number of hydrogen-bond acceptors (Lipinski definition) is 5. The molecule has 5 atom stereocenters. The molecule has 2 saturated carbocycles. The molecule has 1 N–H and O–H groups in total. The van der Waals surface area contributed by atoms with Crippen LogP contribution < -0.4 is 4.74 Å². The number of phenols is 1. The van der Waals surface area contributed by atoms with Crippen LogP contribution >= 0.6 is 0 Å². The summed E-state index contributed by atoms with van der Waals surface area (Å²) in [5.41, 5.74) is 2.83. The van der Waals surface area contributed by atoms with Gasteiger partial charge in [-0.1, -0.05) is 12.5 Å². The van der Waals surface area contributed by atoms with Crippen molar-refractivity contribution in [1.82, 2.24) is 14.7 Å². The second-order valence-corrected chi connectivity index (χ2v) is 13.1. The molecule has 4 bridgehead atoms. The van der Waals surface area contributed by atoms with Gasteiger partial charge in [-0.25, -0.2) is 0 Å². The quantitative estimate of drug-likeness (QED) is 0.681. The zero-order valence-electron chi connectivity index (χ0n) is 21.6. The van der Waals surface area contributed by atoms with Crippen molar-refractivity contribution in [3.63, 3.8) is 0 Å². The maximum Gasteiger partial charge on any atom is 0.224 e. The van der Waals surface area contributed by atoms with E-state index in [1.54, 1.807) is 0 Å². The molecular weight excluding hydrogens is 450 g/mol. The summed E-state index contributed by atoms with van der Waals surface area (Å²) in [6, 6.07) is 4.70. The van der Waals surface area contributed by atoms with Crippen molar-refractivity contribution in [2.75, 3.05) is 39.3 Å². The number of amides is 1. The lowest BCUT2D eigenvalue weighted by Crippen LogP contribution is -2.72. The van der Waals surface area contributed by atoms with Crippen LogP contribution in [-0.2, 0) is 16.6 Å². The average Bonchev–Trinajstić information content (AvgIpc) is 3.69. The molecule has 5 aliphatic heterocycles. The van der Waals surface area contributed by atoms with Gasteiger partial charge < -0.3 is 19.6 Å². The zero-order chi connectivity index (χ0) is 24.1. The van der Waals surface area contributed by atoms with Gasteiger partial charge in [0.25, 0.3) is 0 Å². The van der Waals surface area contributed by atoms with E-state index in [1.165, 1.54) is 56.2 Å². The molecule has 1 aromatic rings. The second kappa shape index (κ2) is 7.86. The minimum absolute atomic E-state index is 0.0133. The van der Waals surface area contributed by atoms with Gasteiger partial charge in [0.1, 0.15) is 6.10 Å². The van der Waals surface area contributed by atoms with Crippen LogP contribution in [-0.4, -0.2) is 83.2 Å². The van der Waals surface area contributed by atoms with Gasteiger partial charge in [-0.05, 0) is 95.0 Å². The Balaban J connectivity index is 1.17. The fraction of sp³-hybridized carbons (Fsp3) is 0.767. The number of likely N-dealkylation sites (tertiary alicyclic amines) is 2. The first-order valence-corrected chi connectivity index (χ1v) is 14.9. The van der Waals surface area contributed by atoms with Crippen LogP contribution in [0.5, 0.6) is 11.5 Å². The van der Waals surface area contributed by atoms with Gasteiger partial charge in [-0.15, -0.1) is 0 Å². The van der Waals surface area contributed by atoms with Crippen LogP contribution in [0.2, 0.25) is 0 Å². The number of nitrogens with zero attached hydrogens (tertiary/aromatic N) is 3. The summed E-state index contributed by atoms with van der Waals surface area (Å²) in [6.45, 7) is 6.44. The van der Waals surface area contributed by atoms with Crippen LogP contribution in [0.1, 0.15) is 75.3 Å². The molecule has 8 aliphatic rings. The molecule has 6 fully saturated rings. The highest BCUT2D eigenvalue weighted by Gasteiger charge is 2.74. The van der Waals surface area contributed by atoms with Crippen molar-refractivity contribution in [2.45, 2.75) is 94.2 Å². The summed E-state index contributed by atoms with van der Waals surface area (Å²) in [5, 5.41) is 10.9. The number of carbonyl (C=O) groups excluding carboxylic acids is 1. The predicted octanol–water partition coefficient (Wildman–Crippen LogP) is 3.69. The van der Waals surface area contributed by atoms with E-state index in [1.807, 2.05) is 6.07 Å². The predicted molar refractivity (Wildman–Crippen MR) is 137 cm³/mol. The molecule has 6 nitrogen and oxygen atoms in total. The Hall–Kier alpha value is -1.79. The third kappa shape index (κ3) is 2.89. The number of aromatic hydroxyl groups is 1. The fourth-order valence-corrected chi connectivity index (χ4v) is 9.88. The van der Waals surface area contributed by atoms with E-state index in [2.05, 4.69) is 20.8 Å². The van der Waals surface area contributed by atoms with E-state index < -0.39 is 0 Å². The van der Waals surface area contributed by atoms with Crippen molar-refractivity contribution in [3.8, 4) is 11.5 Å². The molecule has 0 aromatic heterocycles. The van der Waals surface area contributed by atoms with Crippen molar-refractivity contribution in [2.24, 2.45) is 11.3 Å². The molecule has 0 radical (unpaired) electrons. The lowest BCUT2D eigenvalue weighted by molar-refractivity contribution is -0.144. The Morgan fingerprint density at radius 3 is 2.72 bits per heavy atom. The molecule has 0 unspecified atom stereocenters. The van der Waals surface area contributed by atoms with E-state index in [-0.39, 0.29) is 23.0 Å². The van der Waals surface area contributed by atoms with Gasteiger partial charge in [0.05, 0.1) is 6.04 Å². The van der Waals surface area contributed by atoms with Gasteiger partial charge in [0.2, 0.25) is 5.91 Å². The molecule has 1 amide bonds. The first-order valence-electron chi connectivity index (χ1n) is 14.9. The summed E-state index contributed by atoms with van der Waals surface area (Å²) in [6.07, 6.45) is 12.8. The molecule has 1 aromatic carbocycles. The maximum absolute atomic E-state index is 13.8. The van der Waals surface area contributed by atoms with Crippen LogP contribution in [0.4, 0.5) is 0 Å². The van der Waals surface area contributed by atoms with E-state index in [0.717, 1.165) is 70.1 Å². The molecule has 5 heterocycles. The first-order chi connectivity index (χ1) is 17.6. The van der Waals surface area contributed by atoms with Crippen LogP contribution in [0.3, 0.4) is 0 Å². The Morgan fingerprint density at radius 1 is 1.03 bits per heavy atom. The number of phenolic OH excluding ortho intramolecular Hbond substituents is 1. The number of hydrogen-bond donors (Lipinski definition) is 1. The van der Waals surface area contributed by atoms with Gasteiger partial charge in [0.15, 0.2) is 11.5 Å². The van der Waals surface area contributed by atoms with Gasteiger partial charge >= 0.3 is 0 Å². The number of benzene rings is 1. The van der Waals surface area contributed by atoms with Crippen LogP contribution in [0.15, 0.2) is 12.1 Å². The fourth-order valence-electron chi connectivity index (χ4n) is 9.88. The van der Waals surface area contributed by atoms with Crippen LogP contribution in [0.25, 0.3) is 0 Å². The Labute approximate surface area is 214 Å². The molecular formula is C30H41N3O3. The third-order valence-electron chi connectivity index (χ3n) is 11.6. The summed E-state index contributed by atoms with van der Waals surface area (Å²) in [7, 11) is 0. The topological polar surface area (TPSA) is 56.3 Å². The summed E-state index contributed by atoms with van der Waals surface area (Å²) in [5.74, 6) is 2.27. The molecule has 3 aliphatic carbocycles. The van der Waals surface area contributed by atoms with Crippen molar-refractivity contribution >= 4 is 5.91 Å².